The predicted octanol–water partition coefficient (Wildman–Crippen LogP) is 2.51. The van der Waals surface area contributed by atoms with E-state index in [-0.39, 0.29) is 0 Å². The van der Waals surface area contributed by atoms with Gasteiger partial charge in [-0.1, -0.05) is 0 Å². The maximum atomic E-state index is 5.37. The van der Waals surface area contributed by atoms with Crippen LogP contribution in [0.1, 0.15) is 31.2 Å². The van der Waals surface area contributed by atoms with Gasteiger partial charge in [0.15, 0.2) is 0 Å². The van der Waals surface area contributed by atoms with Gasteiger partial charge in [-0.25, -0.2) is 4.98 Å². The lowest BCUT2D eigenvalue weighted by Crippen LogP contribution is -2.40. The van der Waals surface area contributed by atoms with Crippen LogP contribution >= 0.6 is 0 Å². The van der Waals surface area contributed by atoms with Crippen molar-refractivity contribution in [3.63, 3.8) is 0 Å². The molecule has 0 unspecified atom stereocenters. The van der Waals surface area contributed by atoms with Gasteiger partial charge in [0.2, 0.25) is 5.95 Å². The topological polar surface area (TPSA) is 50.7 Å². The summed E-state index contributed by atoms with van der Waals surface area (Å²) in [6, 6.07) is 0. The molecule has 2 saturated heterocycles. The number of aryl methyl sites for hydroxylation is 1. The SMILES string of the molecule is COC[C@H]1CCCN(c2nc(N3CCC[C@@H](COC)C3)ncc2C)C1. The van der Waals surface area contributed by atoms with Gasteiger partial charge in [0.25, 0.3) is 0 Å². The van der Waals surface area contributed by atoms with Crippen molar-refractivity contribution in [2.24, 2.45) is 11.8 Å². The van der Waals surface area contributed by atoms with Crippen LogP contribution in [0.3, 0.4) is 0 Å². The third kappa shape index (κ3) is 4.61. The van der Waals surface area contributed by atoms with E-state index in [1.165, 1.54) is 25.7 Å². The first-order valence-electron chi connectivity index (χ1n) is 9.52. The zero-order valence-corrected chi connectivity index (χ0v) is 15.9. The molecule has 1 aromatic heterocycles. The Bertz CT molecular complexity index is 550. The molecule has 3 heterocycles. The van der Waals surface area contributed by atoms with Gasteiger partial charge in [-0.05, 0) is 44.4 Å². The van der Waals surface area contributed by atoms with E-state index >= 15 is 0 Å². The predicted molar refractivity (Wildman–Crippen MR) is 100 cm³/mol. The standard InChI is InChI=1S/C19H32N4O2/c1-15-10-20-19(23-9-5-7-17(12-23)14-25-3)21-18(15)22-8-4-6-16(11-22)13-24-2/h10,16-17H,4-9,11-14H2,1-3H3/t16-,17+/m0/s1. The molecule has 0 N–H and O–H groups in total. The van der Waals surface area contributed by atoms with Crippen molar-refractivity contribution >= 4 is 11.8 Å². The molecule has 0 saturated carbocycles. The molecule has 1 aromatic rings. The first kappa shape index (κ1) is 18.4. The summed E-state index contributed by atoms with van der Waals surface area (Å²) in [5.74, 6) is 3.14. The summed E-state index contributed by atoms with van der Waals surface area (Å²) in [4.78, 5) is 14.3. The number of rotatable bonds is 6. The van der Waals surface area contributed by atoms with Crippen LogP contribution in [0.2, 0.25) is 0 Å². The Hall–Kier alpha value is -1.40. The Morgan fingerprint density at radius 2 is 1.60 bits per heavy atom. The van der Waals surface area contributed by atoms with E-state index in [4.69, 9.17) is 14.5 Å². The number of ether oxygens (including phenoxy) is 2. The van der Waals surface area contributed by atoms with E-state index in [0.29, 0.717) is 11.8 Å². The molecule has 25 heavy (non-hydrogen) atoms. The summed E-state index contributed by atoms with van der Waals surface area (Å²) in [5.41, 5.74) is 1.16. The highest BCUT2D eigenvalue weighted by Crippen LogP contribution is 2.27. The lowest BCUT2D eigenvalue weighted by molar-refractivity contribution is 0.142. The third-order valence-electron chi connectivity index (χ3n) is 5.36. The molecule has 3 rings (SSSR count). The van der Waals surface area contributed by atoms with E-state index < -0.39 is 0 Å². The van der Waals surface area contributed by atoms with Crippen molar-refractivity contribution < 1.29 is 9.47 Å². The Kier molecular flexibility index (Phi) is 6.48. The van der Waals surface area contributed by atoms with E-state index in [2.05, 4.69) is 21.7 Å². The van der Waals surface area contributed by atoms with Crippen molar-refractivity contribution in [1.29, 1.82) is 0 Å². The first-order chi connectivity index (χ1) is 12.2. The van der Waals surface area contributed by atoms with Crippen molar-refractivity contribution in [3.8, 4) is 0 Å². The van der Waals surface area contributed by atoms with Crippen molar-refractivity contribution in [3.05, 3.63) is 11.8 Å². The van der Waals surface area contributed by atoms with Gasteiger partial charge < -0.3 is 19.3 Å². The largest absolute Gasteiger partial charge is 0.384 e. The Labute approximate surface area is 151 Å². The van der Waals surface area contributed by atoms with E-state index in [9.17, 15) is 0 Å². The smallest absolute Gasteiger partial charge is 0.227 e. The van der Waals surface area contributed by atoms with Crippen molar-refractivity contribution in [1.82, 2.24) is 9.97 Å². The number of hydrogen-bond donors (Lipinski definition) is 0. The highest BCUT2D eigenvalue weighted by molar-refractivity contribution is 5.50. The number of piperidine rings is 2. The quantitative estimate of drug-likeness (QED) is 0.787. The van der Waals surface area contributed by atoms with Crippen molar-refractivity contribution in [2.45, 2.75) is 32.6 Å². The third-order valence-corrected chi connectivity index (χ3v) is 5.36. The van der Waals surface area contributed by atoms with Crippen LogP contribution in [0.25, 0.3) is 0 Å². The highest BCUT2D eigenvalue weighted by atomic mass is 16.5. The molecular formula is C19H32N4O2. The summed E-state index contributed by atoms with van der Waals surface area (Å²) < 4.78 is 10.7. The molecule has 0 aliphatic carbocycles. The number of nitrogens with zero attached hydrogens (tertiary/aromatic N) is 4. The maximum Gasteiger partial charge on any atom is 0.227 e. The Balaban J connectivity index is 1.74. The summed E-state index contributed by atoms with van der Waals surface area (Å²) in [5, 5.41) is 0. The maximum absolute atomic E-state index is 5.37. The summed E-state index contributed by atoms with van der Waals surface area (Å²) >= 11 is 0. The number of anilines is 2. The second kappa shape index (κ2) is 8.81. The van der Waals surface area contributed by atoms with E-state index in [1.54, 1.807) is 14.2 Å². The molecular weight excluding hydrogens is 316 g/mol. The molecule has 2 atom stereocenters. The number of aromatic nitrogens is 2. The molecule has 2 aliphatic rings. The molecule has 2 fully saturated rings. The molecule has 6 heteroatoms. The average Bonchev–Trinajstić information content (AvgIpc) is 2.63. The second-order valence-electron chi connectivity index (χ2n) is 7.50. The van der Waals surface area contributed by atoms with Gasteiger partial charge in [-0.2, -0.15) is 4.98 Å². The fourth-order valence-electron chi connectivity index (χ4n) is 4.14. The zero-order chi connectivity index (χ0) is 17.6. The van der Waals surface area contributed by atoms with Gasteiger partial charge in [-0.3, -0.25) is 0 Å². The minimum Gasteiger partial charge on any atom is -0.384 e. The lowest BCUT2D eigenvalue weighted by Gasteiger charge is -2.36. The molecule has 140 valence electrons. The normalized spacial score (nSPS) is 24.6. The summed E-state index contributed by atoms with van der Waals surface area (Å²) in [7, 11) is 3.58. The van der Waals surface area contributed by atoms with Crippen LogP contribution in [-0.2, 0) is 9.47 Å². The second-order valence-corrected chi connectivity index (χ2v) is 7.50. The number of methoxy groups -OCH3 is 2. The molecule has 0 aromatic carbocycles. The monoisotopic (exact) mass is 348 g/mol. The van der Waals surface area contributed by atoms with Gasteiger partial charge >= 0.3 is 0 Å². The van der Waals surface area contributed by atoms with Crippen LogP contribution in [0.15, 0.2) is 6.20 Å². The molecule has 0 bridgehead atoms. The van der Waals surface area contributed by atoms with Crippen LogP contribution < -0.4 is 9.80 Å². The molecule has 2 aliphatic heterocycles. The minimum atomic E-state index is 0.577. The van der Waals surface area contributed by atoms with Gasteiger partial charge in [0, 0.05) is 52.2 Å². The van der Waals surface area contributed by atoms with Gasteiger partial charge in [-0.15, -0.1) is 0 Å². The molecule has 0 radical (unpaired) electrons. The summed E-state index contributed by atoms with van der Waals surface area (Å²) in [6.07, 6.45) is 6.84. The molecule has 6 nitrogen and oxygen atoms in total. The van der Waals surface area contributed by atoms with Crippen molar-refractivity contribution in [2.75, 3.05) is 63.4 Å². The summed E-state index contributed by atoms with van der Waals surface area (Å²) in [6.45, 7) is 7.89. The van der Waals surface area contributed by atoms with Gasteiger partial charge in [0.1, 0.15) is 5.82 Å². The Morgan fingerprint density at radius 1 is 1.00 bits per heavy atom. The zero-order valence-electron chi connectivity index (χ0n) is 15.9. The van der Waals surface area contributed by atoms with Gasteiger partial charge in [0.05, 0.1) is 13.2 Å². The van der Waals surface area contributed by atoms with Crippen LogP contribution in [-0.4, -0.2) is 63.6 Å². The van der Waals surface area contributed by atoms with E-state index in [0.717, 1.165) is 56.7 Å². The highest BCUT2D eigenvalue weighted by Gasteiger charge is 2.25. The van der Waals surface area contributed by atoms with Crippen LogP contribution in [0.4, 0.5) is 11.8 Å². The fourth-order valence-corrected chi connectivity index (χ4v) is 4.14. The first-order valence-corrected chi connectivity index (χ1v) is 9.52. The molecule has 0 amide bonds. The molecule has 0 spiro atoms. The van der Waals surface area contributed by atoms with E-state index in [1.807, 2.05) is 6.20 Å². The average molecular weight is 348 g/mol. The lowest BCUT2D eigenvalue weighted by atomic mass is 9.98. The van der Waals surface area contributed by atoms with Crippen LogP contribution in [0, 0.1) is 18.8 Å². The number of hydrogen-bond acceptors (Lipinski definition) is 6. The minimum absolute atomic E-state index is 0.577. The Morgan fingerprint density at radius 3 is 2.24 bits per heavy atom. The fraction of sp³-hybridized carbons (Fsp3) is 0.789. The van der Waals surface area contributed by atoms with Crippen LogP contribution in [0.5, 0.6) is 0 Å².